The highest BCUT2D eigenvalue weighted by Gasteiger charge is 2.14. The standard InChI is InChI=1S/C8H8FO2P/c1-4-6(12)3-2-5(9)7(4)8(10)11/h2-3H,12H2,1H3,(H,10,11). The Bertz CT molecular complexity index is 336. The molecular formula is C8H8FO2P. The summed E-state index contributed by atoms with van der Waals surface area (Å²) in [7, 11) is 2.36. The van der Waals surface area contributed by atoms with E-state index in [1.54, 1.807) is 6.92 Å². The number of benzene rings is 1. The van der Waals surface area contributed by atoms with Gasteiger partial charge in [-0.1, -0.05) is 6.07 Å². The van der Waals surface area contributed by atoms with E-state index in [-0.39, 0.29) is 5.56 Å². The van der Waals surface area contributed by atoms with Crippen molar-refractivity contribution in [1.29, 1.82) is 0 Å². The molecule has 0 aromatic heterocycles. The number of aromatic carboxylic acids is 1. The van der Waals surface area contributed by atoms with E-state index in [0.717, 1.165) is 6.07 Å². The molecular weight excluding hydrogens is 178 g/mol. The van der Waals surface area contributed by atoms with Crippen molar-refractivity contribution in [2.45, 2.75) is 6.92 Å². The number of carboxylic acid groups (broad SMARTS) is 1. The fraction of sp³-hybridized carbons (Fsp3) is 0.125. The molecule has 0 radical (unpaired) electrons. The van der Waals surface area contributed by atoms with E-state index in [4.69, 9.17) is 5.11 Å². The average Bonchev–Trinajstić information content (AvgIpc) is 1.97. The number of halogens is 1. The van der Waals surface area contributed by atoms with Crippen LogP contribution in [0.5, 0.6) is 0 Å². The van der Waals surface area contributed by atoms with Crippen LogP contribution < -0.4 is 5.30 Å². The molecule has 0 heterocycles. The van der Waals surface area contributed by atoms with Crippen molar-refractivity contribution in [3.63, 3.8) is 0 Å². The van der Waals surface area contributed by atoms with Gasteiger partial charge in [-0.05, 0) is 23.9 Å². The second-order valence-corrected chi connectivity index (χ2v) is 3.06. The van der Waals surface area contributed by atoms with Gasteiger partial charge < -0.3 is 5.11 Å². The van der Waals surface area contributed by atoms with E-state index in [1.807, 2.05) is 0 Å². The van der Waals surface area contributed by atoms with Crippen molar-refractivity contribution in [2.75, 3.05) is 0 Å². The van der Waals surface area contributed by atoms with Crippen LogP contribution in [0.4, 0.5) is 4.39 Å². The minimum absolute atomic E-state index is 0.248. The number of hydrogen-bond acceptors (Lipinski definition) is 1. The van der Waals surface area contributed by atoms with Gasteiger partial charge in [0, 0.05) is 0 Å². The minimum atomic E-state index is -1.23. The average molecular weight is 186 g/mol. The SMILES string of the molecule is Cc1c(P)ccc(F)c1C(=O)O. The quantitative estimate of drug-likeness (QED) is 0.672. The summed E-state index contributed by atoms with van der Waals surface area (Å²) in [5.41, 5.74) is 0.204. The number of carboxylic acids is 1. The van der Waals surface area contributed by atoms with Crippen molar-refractivity contribution in [3.8, 4) is 0 Å². The Labute approximate surface area is 71.6 Å². The molecule has 2 nitrogen and oxygen atoms in total. The lowest BCUT2D eigenvalue weighted by Crippen LogP contribution is -2.10. The molecule has 0 saturated carbocycles. The Kier molecular flexibility index (Phi) is 2.43. The molecule has 0 fully saturated rings. The molecule has 1 N–H and O–H groups in total. The number of hydrogen-bond donors (Lipinski definition) is 1. The lowest BCUT2D eigenvalue weighted by molar-refractivity contribution is 0.0691. The van der Waals surface area contributed by atoms with Gasteiger partial charge >= 0.3 is 5.97 Å². The second kappa shape index (κ2) is 3.20. The van der Waals surface area contributed by atoms with E-state index in [2.05, 4.69) is 9.24 Å². The van der Waals surface area contributed by atoms with Crippen LogP contribution in [-0.2, 0) is 0 Å². The van der Waals surface area contributed by atoms with E-state index in [0.29, 0.717) is 10.9 Å². The highest BCUT2D eigenvalue weighted by Crippen LogP contribution is 2.12. The van der Waals surface area contributed by atoms with Gasteiger partial charge in [0.25, 0.3) is 0 Å². The Hall–Kier alpha value is -0.950. The molecule has 1 atom stereocenters. The molecule has 4 heteroatoms. The van der Waals surface area contributed by atoms with E-state index >= 15 is 0 Å². The van der Waals surface area contributed by atoms with Crippen molar-refractivity contribution in [2.24, 2.45) is 0 Å². The topological polar surface area (TPSA) is 37.3 Å². The van der Waals surface area contributed by atoms with E-state index < -0.39 is 11.8 Å². The predicted octanol–water partition coefficient (Wildman–Crippen LogP) is 1.33. The van der Waals surface area contributed by atoms with Crippen LogP contribution in [0, 0.1) is 12.7 Å². The lowest BCUT2D eigenvalue weighted by Gasteiger charge is -2.04. The maximum atomic E-state index is 12.9. The maximum absolute atomic E-state index is 12.9. The van der Waals surface area contributed by atoms with Crippen molar-refractivity contribution in [1.82, 2.24) is 0 Å². The molecule has 0 aliphatic rings. The maximum Gasteiger partial charge on any atom is 0.338 e. The first-order chi connectivity index (χ1) is 5.54. The molecule has 0 amide bonds. The zero-order valence-electron chi connectivity index (χ0n) is 6.47. The van der Waals surface area contributed by atoms with Crippen LogP contribution in [0.25, 0.3) is 0 Å². The fourth-order valence-corrected chi connectivity index (χ4v) is 1.20. The predicted molar refractivity (Wildman–Crippen MR) is 47.4 cm³/mol. The van der Waals surface area contributed by atoms with Crippen LogP contribution >= 0.6 is 9.24 Å². The highest BCUT2D eigenvalue weighted by molar-refractivity contribution is 7.27. The van der Waals surface area contributed by atoms with Gasteiger partial charge in [-0.15, -0.1) is 9.24 Å². The van der Waals surface area contributed by atoms with Crippen LogP contribution in [-0.4, -0.2) is 11.1 Å². The molecule has 1 aromatic rings. The minimum Gasteiger partial charge on any atom is -0.478 e. The summed E-state index contributed by atoms with van der Waals surface area (Å²) in [5, 5.41) is 9.32. The third-order valence-corrected chi connectivity index (χ3v) is 2.30. The summed E-state index contributed by atoms with van der Waals surface area (Å²) in [4.78, 5) is 10.5. The molecule has 1 rings (SSSR count). The molecule has 64 valence electrons. The van der Waals surface area contributed by atoms with Crippen LogP contribution in [0.15, 0.2) is 12.1 Å². The monoisotopic (exact) mass is 186 g/mol. The molecule has 0 spiro atoms. The fourth-order valence-electron chi connectivity index (χ4n) is 0.957. The molecule has 0 aliphatic heterocycles. The normalized spacial score (nSPS) is 9.92. The van der Waals surface area contributed by atoms with Crippen molar-refractivity contribution < 1.29 is 14.3 Å². The second-order valence-electron chi connectivity index (χ2n) is 2.44. The van der Waals surface area contributed by atoms with E-state index in [9.17, 15) is 9.18 Å². The summed E-state index contributed by atoms with van der Waals surface area (Å²) in [6.45, 7) is 1.58. The first-order valence-corrected chi connectivity index (χ1v) is 3.89. The first kappa shape index (κ1) is 9.14. The molecule has 1 aromatic carbocycles. The molecule has 0 saturated heterocycles. The van der Waals surface area contributed by atoms with Gasteiger partial charge in [-0.25, -0.2) is 9.18 Å². The Balaban J connectivity index is 3.43. The summed E-state index contributed by atoms with van der Waals surface area (Å²) in [6, 6.07) is 2.68. The summed E-state index contributed by atoms with van der Waals surface area (Å²) in [6.07, 6.45) is 0. The van der Waals surface area contributed by atoms with Gasteiger partial charge in [-0.2, -0.15) is 0 Å². The van der Waals surface area contributed by atoms with Gasteiger partial charge in [0.1, 0.15) is 5.82 Å². The molecule has 12 heavy (non-hydrogen) atoms. The third-order valence-electron chi connectivity index (χ3n) is 1.67. The third kappa shape index (κ3) is 1.46. The highest BCUT2D eigenvalue weighted by atomic mass is 31.0. The number of carbonyl (C=O) groups is 1. The number of rotatable bonds is 1. The summed E-state index contributed by atoms with van der Waals surface area (Å²) < 4.78 is 12.9. The zero-order chi connectivity index (χ0) is 9.30. The van der Waals surface area contributed by atoms with Crippen molar-refractivity contribution in [3.05, 3.63) is 29.1 Å². The van der Waals surface area contributed by atoms with Gasteiger partial charge in [0.05, 0.1) is 5.56 Å². The van der Waals surface area contributed by atoms with Crippen LogP contribution in [0.2, 0.25) is 0 Å². The Morgan fingerprint density at radius 1 is 1.58 bits per heavy atom. The van der Waals surface area contributed by atoms with Crippen LogP contribution in [0.1, 0.15) is 15.9 Å². The first-order valence-electron chi connectivity index (χ1n) is 3.32. The molecule has 1 unspecified atom stereocenters. The molecule has 0 bridgehead atoms. The Morgan fingerprint density at radius 2 is 2.17 bits per heavy atom. The smallest absolute Gasteiger partial charge is 0.338 e. The van der Waals surface area contributed by atoms with Gasteiger partial charge in [0.2, 0.25) is 0 Å². The Morgan fingerprint density at radius 3 is 2.58 bits per heavy atom. The summed E-state index contributed by atoms with van der Waals surface area (Å²) in [5.74, 6) is -1.92. The van der Waals surface area contributed by atoms with E-state index in [1.165, 1.54) is 6.07 Å². The van der Waals surface area contributed by atoms with Gasteiger partial charge in [0.15, 0.2) is 0 Å². The molecule has 0 aliphatic carbocycles. The summed E-state index contributed by atoms with van der Waals surface area (Å²) >= 11 is 0. The van der Waals surface area contributed by atoms with Crippen LogP contribution in [0.3, 0.4) is 0 Å². The largest absolute Gasteiger partial charge is 0.478 e. The van der Waals surface area contributed by atoms with Crippen molar-refractivity contribution >= 4 is 20.5 Å². The lowest BCUT2D eigenvalue weighted by atomic mass is 10.1. The van der Waals surface area contributed by atoms with Gasteiger partial charge in [-0.3, -0.25) is 0 Å². The zero-order valence-corrected chi connectivity index (χ0v) is 7.62.